The predicted octanol–water partition coefficient (Wildman–Crippen LogP) is 25.3. The van der Waals surface area contributed by atoms with E-state index in [1.54, 1.807) is 0 Å². The highest BCUT2D eigenvalue weighted by atomic mass is 31.2. The first-order valence-corrected chi connectivity index (χ1v) is 45.4. The normalized spacial score (nSPS) is 14.6. The van der Waals surface area contributed by atoms with Crippen molar-refractivity contribution in [2.24, 2.45) is 0 Å². The summed E-state index contributed by atoms with van der Waals surface area (Å²) < 4.78 is 68.7. The number of hydrogen-bond donors (Lipinski definition) is 3. The number of phosphoric ester groups is 2. The molecule has 0 bridgehead atoms. The number of phosphoric acid groups is 2. The molecular weight excluding hydrogens is 1430 g/mol. The number of carbonyl (C=O) groups is 4. The summed E-state index contributed by atoms with van der Waals surface area (Å²) >= 11 is 0. The fourth-order valence-electron chi connectivity index (χ4n) is 10.9. The molecule has 0 aliphatic carbocycles. The Balaban J connectivity index is 5.48. The van der Waals surface area contributed by atoms with Crippen LogP contribution < -0.4 is 0 Å². The van der Waals surface area contributed by atoms with Gasteiger partial charge in [-0.1, -0.05) is 320 Å². The molecule has 0 aromatic heterocycles. The van der Waals surface area contributed by atoms with Gasteiger partial charge in [-0.2, -0.15) is 0 Å². The summed E-state index contributed by atoms with van der Waals surface area (Å²) in [6.07, 6.45) is 97.5. The molecule has 0 saturated heterocycles. The van der Waals surface area contributed by atoms with Crippen LogP contribution in [0, 0.1) is 0 Å². The van der Waals surface area contributed by atoms with Gasteiger partial charge in [0.05, 0.1) is 26.4 Å². The van der Waals surface area contributed by atoms with Gasteiger partial charge in [0.2, 0.25) is 0 Å². The molecule has 3 N–H and O–H groups in total. The third-order valence-electron chi connectivity index (χ3n) is 17.2. The first-order valence-electron chi connectivity index (χ1n) is 42.4. The largest absolute Gasteiger partial charge is 0.472 e. The van der Waals surface area contributed by atoms with E-state index in [0.29, 0.717) is 32.1 Å². The van der Waals surface area contributed by atoms with E-state index in [-0.39, 0.29) is 25.7 Å². The molecule has 0 heterocycles. The molecule has 0 saturated carbocycles. The Labute approximate surface area is 667 Å². The molecule has 0 aromatic carbocycles. The van der Waals surface area contributed by atoms with Gasteiger partial charge in [-0.15, -0.1) is 0 Å². The predicted molar refractivity (Wildman–Crippen MR) is 454 cm³/mol. The highest BCUT2D eigenvalue weighted by Crippen LogP contribution is 2.45. The van der Waals surface area contributed by atoms with Crippen LogP contribution in [0.15, 0.2) is 170 Å². The van der Waals surface area contributed by atoms with Crippen molar-refractivity contribution in [3.8, 4) is 0 Å². The van der Waals surface area contributed by atoms with Gasteiger partial charge in [-0.25, -0.2) is 9.13 Å². The van der Waals surface area contributed by atoms with Crippen LogP contribution in [0.25, 0.3) is 0 Å². The average molecular weight is 1580 g/mol. The highest BCUT2D eigenvalue weighted by molar-refractivity contribution is 7.47. The van der Waals surface area contributed by atoms with E-state index in [4.69, 9.17) is 37.0 Å². The topological polar surface area (TPSA) is 237 Å². The summed E-state index contributed by atoms with van der Waals surface area (Å²) in [7, 11) is -10.0. The smallest absolute Gasteiger partial charge is 0.462 e. The van der Waals surface area contributed by atoms with Crippen molar-refractivity contribution in [1.82, 2.24) is 0 Å². The molecule has 110 heavy (non-hydrogen) atoms. The maximum atomic E-state index is 13.1. The highest BCUT2D eigenvalue weighted by Gasteiger charge is 2.30. The first kappa shape index (κ1) is 104. The van der Waals surface area contributed by atoms with Crippen molar-refractivity contribution in [3.05, 3.63) is 170 Å². The summed E-state index contributed by atoms with van der Waals surface area (Å²) in [6, 6.07) is 0. The molecule has 19 heteroatoms. The fourth-order valence-corrected chi connectivity index (χ4v) is 12.4. The minimum absolute atomic E-state index is 0.0640. The second-order valence-corrected chi connectivity index (χ2v) is 30.5. The molecule has 0 fully saturated rings. The number of rotatable bonds is 78. The van der Waals surface area contributed by atoms with Gasteiger partial charge in [0.25, 0.3) is 0 Å². The number of esters is 4. The number of unbranched alkanes of at least 4 members (excludes halogenated alkanes) is 24. The van der Waals surface area contributed by atoms with Crippen LogP contribution in [0.4, 0.5) is 0 Å². The molecule has 626 valence electrons. The van der Waals surface area contributed by atoms with Crippen molar-refractivity contribution < 1.29 is 80.2 Å². The maximum absolute atomic E-state index is 13.1. The molecule has 0 amide bonds. The Kier molecular flexibility index (Phi) is 77.3. The molecule has 0 rings (SSSR count). The SMILES string of the molecule is CC/C=C\C/C=C\C/C=C\C/C=C\C/C=C\CCCCCC(=O)OCC(COP(=O)(O)OCC(O)COP(=O)(O)OCC(COC(=O)CCC/C=C\C/C=C\C/C=C\C/C=C\C/C=C\CC)OC(=O)CCCCCCCCCCCCCCCCC)OC(=O)CCCCCCCC/C=C\C/C=C\C/C=C\C/C=C\CC. The summed E-state index contributed by atoms with van der Waals surface area (Å²) in [4.78, 5) is 73.2. The molecule has 0 radical (unpaired) electrons. The number of aliphatic hydroxyl groups excluding tert-OH is 1. The summed E-state index contributed by atoms with van der Waals surface area (Å²) in [6.45, 7) is 4.44. The Morgan fingerprint density at radius 1 is 0.264 bits per heavy atom. The number of ether oxygens (including phenoxy) is 4. The van der Waals surface area contributed by atoms with E-state index in [9.17, 15) is 43.2 Å². The van der Waals surface area contributed by atoms with Crippen LogP contribution in [-0.4, -0.2) is 96.7 Å². The van der Waals surface area contributed by atoms with Gasteiger partial charge in [0.15, 0.2) is 12.2 Å². The minimum atomic E-state index is -5.00. The van der Waals surface area contributed by atoms with Crippen LogP contribution in [0.1, 0.15) is 323 Å². The van der Waals surface area contributed by atoms with Gasteiger partial charge >= 0.3 is 39.5 Å². The Hall–Kier alpha value is -5.58. The zero-order valence-corrected chi connectivity index (χ0v) is 70.4. The van der Waals surface area contributed by atoms with Crippen molar-refractivity contribution >= 4 is 39.5 Å². The lowest BCUT2D eigenvalue weighted by atomic mass is 10.0. The van der Waals surface area contributed by atoms with E-state index in [2.05, 4.69) is 186 Å². The lowest BCUT2D eigenvalue weighted by molar-refractivity contribution is -0.161. The molecule has 0 aliphatic rings. The molecule has 0 spiro atoms. The van der Waals surface area contributed by atoms with Crippen molar-refractivity contribution in [3.63, 3.8) is 0 Å². The van der Waals surface area contributed by atoms with Gasteiger partial charge < -0.3 is 33.8 Å². The number of aliphatic hydroxyl groups is 1. The third-order valence-corrected chi connectivity index (χ3v) is 19.1. The van der Waals surface area contributed by atoms with Crippen molar-refractivity contribution in [1.29, 1.82) is 0 Å². The van der Waals surface area contributed by atoms with E-state index >= 15 is 0 Å². The van der Waals surface area contributed by atoms with Crippen molar-refractivity contribution in [2.75, 3.05) is 39.6 Å². The summed E-state index contributed by atoms with van der Waals surface area (Å²) in [5.74, 6) is -2.29. The van der Waals surface area contributed by atoms with E-state index in [0.717, 1.165) is 173 Å². The average Bonchev–Trinajstić information content (AvgIpc) is 0.900. The zero-order valence-electron chi connectivity index (χ0n) is 68.6. The monoisotopic (exact) mass is 1580 g/mol. The third kappa shape index (κ3) is 80.5. The molecule has 5 unspecified atom stereocenters. The van der Waals surface area contributed by atoms with Gasteiger partial charge in [-0.3, -0.25) is 37.3 Å². The van der Waals surface area contributed by atoms with Gasteiger partial charge in [0, 0.05) is 25.7 Å². The second-order valence-electron chi connectivity index (χ2n) is 27.6. The summed E-state index contributed by atoms with van der Waals surface area (Å²) in [5, 5.41) is 10.7. The van der Waals surface area contributed by atoms with Crippen LogP contribution in [0.3, 0.4) is 0 Å². The van der Waals surface area contributed by atoms with Crippen LogP contribution in [-0.2, 0) is 65.4 Å². The summed E-state index contributed by atoms with van der Waals surface area (Å²) in [5.41, 5.74) is 0. The Bertz CT molecular complexity index is 2750. The standard InChI is InChI=1S/C91H150O17P2/c1-5-9-13-17-21-25-29-33-37-40-42-45-49-52-56-60-64-68-72-76-89(94)102-82-87(108-91(96)78-74-70-66-62-58-54-50-46-43-41-38-34-30-26-22-18-14-10-6-2)84-106-110(99,100)104-80-85(92)79-103-109(97,98)105-83-86(107-90(95)77-73-69-65-61-57-53-47-36-32-28-24-20-16-12-8-4)81-101-88(93)75-71-67-63-59-55-51-48-44-39-35-31-27-23-19-15-11-7-3/h9-11,13-15,21-23,25-27,33-35,37-39,42-43,45-46,48,51-52,56,59,63,85-87,92H,5-8,12,16-20,24,28-32,36,40-41,44,47,49-50,53-55,57-58,60-62,64-84H2,1-4H3,(H,97,98)(H,99,100)/b13-9-,14-10-,15-11-,25-21-,26-22-,27-23-,37-33-,38-34-,39-35-,45-42-,46-43-,51-48-,56-52-,63-59-. The molecular formula is C91H150O17P2. The fraction of sp³-hybridized carbons (Fsp3) is 0.648. The van der Waals surface area contributed by atoms with Crippen LogP contribution in [0.2, 0.25) is 0 Å². The molecule has 17 nitrogen and oxygen atoms in total. The quantitative estimate of drug-likeness (QED) is 0.0169. The lowest BCUT2D eigenvalue weighted by Gasteiger charge is -2.21. The number of carbonyl (C=O) groups excluding carboxylic acids is 4. The van der Waals surface area contributed by atoms with Crippen molar-refractivity contribution in [2.45, 2.75) is 341 Å². The Morgan fingerprint density at radius 3 is 0.773 bits per heavy atom. The van der Waals surface area contributed by atoms with Crippen LogP contribution >= 0.6 is 15.6 Å². The van der Waals surface area contributed by atoms with E-state index < -0.39 is 97.5 Å². The lowest BCUT2D eigenvalue weighted by Crippen LogP contribution is -2.30. The van der Waals surface area contributed by atoms with Gasteiger partial charge in [-0.05, 0) is 148 Å². The second kappa shape index (κ2) is 81.4. The Morgan fingerprint density at radius 2 is 0.482 bits per heavy atom. The molecule has 0 aliphatic heterocycles. The maximum Gasteiger partial charge on any atom is 0.472 e. The van der Waals surface area contributed by atoms with Gasteiger partial charge in [0.1, 0.15) is 19.3 Å². The number of allylic oxidation sites excluding steroid dienone is 28. The number of hydrogen-bond acceptors (Lipinski definition) is 15. The molecule has 0 aromatic rings. The molecule has 5 atom stereocenters. The van der Waals surface area contributed by atoms with E-state index in [1.165, 1.54) is 64.2 Å². The van der Waals surface area contributed by atoms with E-state index in [1.807, 2.05) is 12.2 Å². The first-order chi connectivity index (χ1) is 53.7. The minimum Gasteiger partial charge on any atom is -0.462 e. The zero-order chi connectivity index (χ0) is 80.3. The van der Waals surface area contributed by atoms with Crippen LogP contribution in [0.5, 0.6) is 0 Å².